The number of rotatable bonds is 3. The Hall–Kier alpha value is 0.440. The summed E-state index contributed by atoms with van der Waals surface area (Å²) >= 11 is 17.3. The molecule has 0 unspecified atom stereocenters. The lowest BCUT2D eigenvalue weighted by Crippen LogP contribution is -1.91. The fourth-order valence-electron chi connectivity index (χ4n) is 1.48. The van der Waals surface area contributed by atoms with Crippen LogP contribution in [0.5, 0.6) is 17.2 Å². The van der Waals surface area contributed by atoms with E-state index in [1.54, 1.807) is 7.11 Å². The molecule has 0 amide bonds. The Kier molecular flexibility index (Phi) is 5.99. The van der Waals surface area contributed by atoms with Crippen LogP contribution in [0.2, 0.25) is 0 Å². The van der Waals surface area contributed by atoms with Gasteiger partial charge < -0.3 is 9.47 Å². The first-order valence-electron chi connectivity index (χ1n) is 5.27. The third kappa shape index (κ3) is 3.80. The van der Waals surface area contributed by atoms with Crippen molar-refractivity contribution in [1.82, 2.24) is 0 Å². The van der Waals surface area contributed by atoms with E-state index in [1.165, 1.54) is 0 Å². The second-order valence-electron chi connectivity index (χ2n) is 3.72. The molecule has 0 aliphatic heterocycles. The monoisotopic (exact) mass is 590 g/mol. The first-order chi connectivity index (χ1) is 9.42. The fourth-order valence-corrected chi connectivity index (χ4v) is 5.14. The van der Waals surface area contributed by atoms with E-state index in [0.717, 1.165) is 22.4 Å². The summed E-state index contributed by atoms with van der Waals surface area (Å²) in [7, 11) is 1.61. The summed E-state index contributed by atoms with van der Waals surface area (Å²) in [6.45, 7) is 0. The van der Waals surface area contributed by atoms with Gasteiger partial charge in [-0.25, -0.2) is 0 Å². The van der Waals surface area contributed by atoms with E-state index in [1.807, 2.05) is 24.3 Å². The number of benzene rings is 2. The van der Waals surface area contributed by atoms with Crippen molar-refractivity contribution in [3.8, 4) is 17.2 Å². The minimum atomic E-state index is 0.661. The van der Waals surface area contributed by atoms with Crippen LogP contribution < -0.4 is 9.47 Å². The van der Waals surface area contributed by atoms with E-state index in [9.17, 15) is 0 Å². The predicted molar refractivity (Wildman–Crippen MR) is 98.0 cm³/mol. The highest BCUT2D eigenvalue weighted by Gasteiger charge is 2.14. The van der Waals surface area contributed by atoms with E-state index in [2.05, 4.69) is 79.6 Å². The fraction of sp³-hybridized carbons (Fsp3) is 0.0769. The second kappa shape index (κ2) is 7.13. The molecule has 0 aromatic heterocycles. The van der Waals surface area contributed by atoms with E-state index < -0.39 is 0 Å². The third-order valence-electron chi connectivity index (χ3n) is 2.38. The van der Waals surface area contributed by atoms with Crippen LogP contribution in [0.4, 0.5) is 0 Å². The van der Waals surface area contributed by atoms with Crippen molar-refractivity contribution in [2.45, 2.75) is 0 Å². The maximum Gasteiger partial charge on any atom is 0.155 e. The summed E-state index contributed by atoms with van der Waals surface area (Å²) in [5.74, 6) is 2.06. The number of ether oxygens (including phenoxy) is 2. The van der Waals surface area contributed by atoms with Crippen LogP contribution in [-0.2, 0) is 0 Å². The Morgan fingerprint density at radius 3 is 1.80 bits per heavy atom. The summed E-state index contributed by atoms with van der Waals surface area (Å²) in [4.78, 5) is 0. The molecule has 0 heterocycles. The normalized spacial score (nSPS) is 10.5. The highest BCUT2D eigenvalue weighted by atomic mass is 79.9. The zero-order valence-corrected chi connectivity index (χ0v) is 17.9. The average Bonchev–Trinajstić information content (AvgIpc) is 2.35. The second-order valence-corrected chi connectivity index (χ2v) is 8.05. The molecule has 0 radical (unpaired) electrons. The molecule has 7 heteroatoms. The van der Waals surface area contributed by atoms with Crippen LogP contribution in [0.3, 0.4) is 0 Å². The van der Waals surface area contributed by atoms with Crippen LogP contribution in [0.1, 0.15) is 0 Å². The molecule has 0 atom stereocenters. The minimum absolute atomic E-state index is 0.661. The van der Waals surface area contributed by atoms with Gasteiger partial charge in [0.2, 0.25) is 0 Å². The predicted octanol–water partition coefficient (Wildman–Crippen LogP) is 7.30. The van der Waals surface area contributed by atoms with Crippen molar-refractivity contribution < 1.29 is 9.47 Å². The van der Waals surface area contributed by atoms with E-state index in [4.69, 9.17) is 9.47 Å². The molecule has 0 saturated carbocycles. The molecule has 2 aromatic carbocycles. The lowest BCUT2D eigenvalue weighted by molar-refractivity contribution is 0.405. The van der Waals surface area contributed by atoms with Crippen LogP contribution in [0.15, 0.2) is 46.6 Å². The molecule has 2 rings (SSSR count). The standard InChI is InChI=1S/C13H7Br5O2/c1-19-11-5-12(8(16)4-7(11)15)20-13-9(17)2-6(14)3-10(13)18/h2-5H,1H3. The summed E-state index contributed by atoms with van der Waals surface area (Å²) < 4.78 is 15.6. The number of halogens is 5. The number of methoxy groups -OCH3 is 1. The van der Waals surface area contributed by atoms with Gasteiger partial charge in [0.1, 0.15) is 11.5 Å². The Labute approximate surface area is 158 Å². The van der Waals surface area contributed by atoms with Crippen LogP contribution >= 0.6 is 79.6 Å². The molecular weight excluding hydrogens is 588 g/mol. The Morgan fingerprint density at radius 1 is 0.700 bits per heavy atom. The third-order valence-corrected chi connectivity index (χ3v) is 5.26. The average molecular weight is 595 g/mol. The van der Waals surface area contributed by atoms with Crippen LogP contribution in [0.25, 0.3) is 0 Å². The van der Waals surface area contributed by atoms with Crippen molar-refractivity contribution in [2.75, 3.05) is 7.11 Å². The summed E-state index contributed by atoms with van der Waals surface area (Å²) in [6.07, 6.45) is 0. The molecule has 0 spiro atoms. The number of hydrogen-bond acceptors (Lipinski definition) is 2. The van der Waals surface area contributed by atoms with Crippen LogP contribution in [-0.4, -0.2) is 7.11 Å². The molecule has 2 aromatic rings. The summed E-state index contributed by atoms with van der Waals surface area (Å²) in [5.41, 5.74) is 0. The molecule has 2 nitrogen and oxygen atoms in total. The van der Waals surface area contributed by atoms with Crippen molar-refractivity contribution in [3.63, 3.8) is 0 Å². The summed E-state index contributed by atoms with van der Waals surface area (Å²) in [6, 6.07) is 7.54. The minimum Gasteiger partial charge on any atom is -0.495 e. The van der Waals surface area contributed by atoms with Crippen molar-refractivity contribution in [3.05, 3.63) is 46.6 Å². The highest BCUT2D eigenvalue weighted by Crippen LogP contribution is 2.43. The molecule has 106 valence electrons. The zero-order chi connectivity index (χ0) is 14.9. The lowest BCUT2D eigenvalue weighted by Gasteiger charge is -2.13. The molecule has 0 N–H and O–H groups in total. The maximum absolute atomic E-state index is 5.96. The quantitative estimate of drug-likeness (QED) is 0.371. The first kappa shape index (κ1) is 16.8. The molecule has 20 heavy (non-hydrogen) atoms. The maximum atomic E-state index is 5.96. The van der Waals surface area contributed by atoms with Crippen molar-refractivity contribution in [1.29, 1.82) is 0 Å². The van der Waals surface area contributed by atoms with E-state index in [0.29, 0.717) is 17.2 Å². The van der Waals surface area contributed by atoms with Crippen molar-refractivity contribution >= 4 is 79.6 Å². The van der Waals surface area contributed by atoms with Gasteiger partial charge in [-0.2, -0.15) is 0 Å². The van der Waals surface area contributed by atoms with Gasteiger partial charge in [-0.15, -0.1) is 0 Å². The molecular formula is C13H7Br5O2. The molecule has 0 bridgehead atoms. The smallest absolute Gasteiger partial charge is 0.155 e. The van der Waals surface area contributed by atoms with E-state index in [-0.39, 0.29) is 0 Å². The zero-order valence-electron chi connectivity index (χ0n) is 10.0. The number of hydrogen-bond donors (Lipinski definition) is 0. The molecule has 0 saturated heterocycles. The van der Waals surface area contributed by atoms with Gasteiger partial charge in [0.25, 0.3) is 0 Å². The van der Waals surface area contributed by atoms with Gasteiger partial charge in [-0.3, -0.25) is 0 Å². The van der Waals surface area contributed by atoms with Gasteiger partial charge in [-0.05, 0) is 81.9 Å². The summed E-state index contributed by atoms with van der Waals surface area (Å²) in [5, 5.41) is 0. The molecule has 0 aliphatic rings. The molecule has 0 aliphatic carbocycles. The Morgan fingerprint density at radius 2 is 1.25 bits per heavy atom. The Bertz CT molecular complexity index is 634. The van der Waals surface area contributed by atoms with E-state index >= 15 is 0 Å². The lowest BCUT2D eigenvalue weighted by atomic mass is 10.3. The Balaban J connectivity index is 2.45. The van der Waals surface area contributed by atoms with Gasteiger partial charge in [-0.1, -0.05) is 15.9 Å². The van der Waals surface area contributed by atoms with Crippen LogP contribution in [0, 0.1) is 0 Å². The highest BCUT2D eigenvalue weighted by molar-refractivity contribution is 9.12. The molecule has 0 fully saturated rings. The first-order valence-corrected chi connectivity index (χ1v) is 9.24. The van der Waals surface area contributed by atoms with Crippen molar-refractivity contribution in [2.24, 2.45) is 0 Å². The van der Waals surface area contributed by atoms with Gasteiger partial charge in [0, 0.05) is 10.5 Å². The van der Waals surface area contributed by atoms with Gasteiger partial charge in [0.05, 0.1) is 25.0 Å². The topological polar surface area (TPSA) is 18.5 Å². The van der Waals surface area contributed by atoms with Gasteiger partial charge in [0.15, 0.2) is 5.75 Å². The van der Waals surface area contributed by atoms with Gasteiger partial charge >= 0.3 is 0 Å². The largest absolute Gasteiger partial charge is 0.495 e. The SMILES string of the molecule is COc1cc(Oc2c(Br)cc(Br)cc2Br)c(Br)cc1Br.